The normalized spacial score (nSPS) is 22.7. The molecule has 140 valence electrons. The van der Waals surface area contributed by atoms with E-state index in [1.54, 1.807) is 4.90 Å². The van der Waals surface area contributed by atoms with Crippen LogP contribution in [0.25, 0.3) is 11.1 Å². The second-order valence-corrected chi connectivity index (χ2v) is 7.75. The molecule has 2 aliphatic rings. The lowest BCUT2D eigenvalue weighted by Crippen LogP contribution is -2.50. The summed E-state index contributed by atoms with van der Waals surface area (Å²) in [6.07, 6.45) is 4.34. The molecule has 6 heteroatoms. The van der Waals surface area contributed by atoms with Crippen molar-refractivity contribution in [3.8, 4) is 0 Å². The number of likely N-dealkylation sites (tertiary alicyclic amines) is 1. The predicted octanol–water partition coefficient (Wildman–Crippen LogP) is 2.60. The largest absolute Gasteiger partial charge is 0.423 e. The first kappa shape index (κ1) is 17.3. The van der Waals surface area contributed by atoms with Crippen LogP contribution in [-0.2, 0) is 4.79 Å². The van der Waals surface area contributed by atoms with E-state index in [1.807, 2.05) is 38.4 Å². The number of benzene rings is 1. The van der Waals surface area contributed by atoms with Crippen LogP contribution in [0, 0.1) is 5.92 Å². The van der Waals surface area contributed by atoms with Crippen LogP contribution in [-0.4, -0.2) is 67.0 Å². The van der Waals surface area contributed by atoms with E-state index in [2.05, 4.69) is 14.8 Å². The highest BCUT2D eigenvalue weighted by Gasteiger charge is 2.32. The van der Waals surface area contributed by atoms with Gasteiger partial charge in [-0.2, -0.15) is 4.98 Å². The summed E-state index contributed by atoms with van der Waals surface area (Å²) in [7, 11) is 3.72. The average Bonchev–Trinajstić information content (AvgIpc) is 3.12. The van der Waals surface area contributed by atoms with E-state index in [1.165, 1.54) is 0 Å². The van der Waals surface area contributed by atoms with Gasteiger partial charge in [0.1, 0.15) is 5.52 Å². The van der Waals surface area contributed by atoms with Crippen molar-refractivity contribution in [1.29, 1.82) is 0 Å². The summed E-state index contributed by atoms with van der Waals surface area (Å²) in [5.41, 5.74) is 1.77. The number of amides is 1. The SMILES string of the molecule is CN(C)C(=O)[C@@H]1CCCN(C2CCN(c3nc4ccccc4o3)CC2)C1. The first-order chi connectivity index (χ1) is 12.6. The molecule has 2 fully saturated rings. The maximum absolute atomic E-state index is 12.3. The van der Waals surface area contributed by atoms with E-state index in [0.717, 1.165) is 69.0 Å². The molecule has 4 rings (SSSR count). The molecule has 0 radical (unpaired) electrons. The van der Waals surface area contributed by atoms with Gasteiger partial charge in [0.15, 0.2) is 5.58 Å². The smallest absolute Gasteiger partial charge is 0.298 e. The molecule has 1 amide bonds. The number of carbonyl (C=O) groups excluding carboxylic acids is 1. The van der Waals surface area contributed by atoms with Crippen molar-refractivity contribution in [3.05, 3.63) is 24.3 Å². The molecule has 0 saturated carbocycles. The van der Waals surface area contributed by atoms with Crippen LogP contribution < -0.4 is 4.90 Å². The van der Waals surface area contributed by atoms with Crippen molar-refractivity contribution < 1.29 is 9.21 Å². The number of hydrogen-bond acceptors (Lipinski definition) is 5. The van der Waals surface area contributed by atoms with Gasteiger partial charge in [0, 0.05) is 39.8 Å². The van der Waals surface area contributed by atoms with E-state index < -0.39 is 0 Å². The van der Waals surface area contributed by atoms with Crippen LogP contribution in [0.3, 0.4) is 0 Å². The summed E-state index contributed by atoms with van der Waals surface area (Å²) in [5, 5.41) is 0. The molecule has 3 heterocycles. The molecule has 26 heavy (non-hydrogen) atoms. The fraction of sp³-hybridized carbons (Fsp3) is 0.600. The van der Waals surface area contributed by atoms with Crippen molar-refractivity contribution in [3.63, 3.8) is 0 Å². The summed E-state index contributed by atoms with van der Waals surface area (Å²) >= 11 is 0. The molecule has 0 spiro atoms. The predicted molar refractivity (Wildman–Crippen MR) is 102 cm³/mol. The standard InChI is InChI=1S/C20H28N4O2/c1-22(2)19(25)15-6-5-11-24(14-15)16-9-12-23(13-10-16)20-21-17-7-3-4-8-18(17)26-20/h3-4,7-8,15-16H,5-6,9-14H2,1-2H3/t15-/m1/s1. The summed E-state index contributed by atoms with van der Waals surface area (Å²) in [6, 6.07) is 9.23. The van der Waals surface area contributed by atoms with Gasteiger partial charge in [-0.1, -0.05) is 12.1 Å². The number of piperidine rings is 2. The topological polar surface area (TPSA) is 52.8 Å². The third-order valence-electron chi connectivity index (χ3n) is 5.78. The minimum Gasteiger partial charge on any atom is -0.423 e. The van der Waals surface area contributed by atoms with Crippen molar-refractivity contribution >= 4 is 23.0 Å². The van der Waals surface area contributed by atoms with Gasteiger partial charge in [0.05, 0.1) is 5.92 Å². The molecule has 2 saturated heterocycles. The molecule has 1 atom stereocenters. The molecule has 1 aromatic carbocycles. The first-order valence-electron chi connectivity index (χ1n) is 9.67. The number of oxazole rings is 1. The number of nitrogens with zero attached hydrogens (tertiary/aromatic N) is 4. The average molecular weight is 356 g/mol. The van der Waals surface area contributed by atoms with Gasteiger partial charge in [-0.15, -0.1) is 0 Å². The molecule has 0 unspecified atom stereocenters. The molecule has 1 aromatic heterocycles. The van der Waals surface area contributed by atoms with Crippen LogP contribution in [0.15, 0.2) is 28.7 Å². The quantitative estimate of drug-likeness (QED) is 0.846. The monoisotopic (exact) mass is 356 g/mol. The van der Waals surface area contributed by atoms with Crippen LogP contribution in [0.5, 0.6) is 0 Å². The van der Waals surface area contributed by atoms with Gasteiger partial charge >= 0.3 is 0 Å². The molecule has 2 aliphatic heterocycles. The lowest BCUT2D eigenvalue weighted by molar-refractivity contribution is -0.135. The molecule has 2 aromatic rings. The fourth-order valence-electron chi connectivity index (χ4n) is 4.32. The molecular weight excluding hydrogens is 328 g/mol. The Bertz CT molecular complexity index is 731. The summed E-state index contributed by atoms with van der Waals surface area (Å²) < 4.78 is 5.91. The maximum Gasteiger partial charge on any atom is 0.298 e. The van der Waals surface area contributed by atoms with Crippen molar-refractivity contribution in [2.45, 2.75) is 31.7 Å². The van der Waals surface area contributed by atoms with Crippen molar-refractivity contribution in [2.75, 3.05) is 45.2 Å². The highest BCUT2D eigenvalue weighted by molar-refractivity contribution is 5.78. The Morgan fingerprint density at radius 2 is 1.92 bits per heavy atom. The Hall–Kier alpha value is -2.08. The van der Waals surface area contributed by atoms with E-state index in [4.69, 9.17) is 4.42 Å². The third-order valence-corrected chi connectivity index (χ3v) is 5.78. The van der Waals surface area contributed by atoms with E-state index in [-0.39, 0.29) is 11.8 Å². The van der Waals surface area contributed by atoms with Gasteiger partial charge in [-0.3, -0.25) is 9.69 Å². The molecule has 6 nitrogen and oxygen atoms in total. The zero-order valence-electron chi connectivity index (χ0n) is 15.7. The van der Waals surface area contributed by atoms with Crippen molar-refractivity contribution in [2.24, 2.45) is 5.92 Å². The lowest BCUT2D eigenvalue weighted by Gasteiger charge is -2.42. The Balaban J connectivity index is 1.36. The Labute approximate surface area is 154 Å². The number of anilines is 1. The molecular formula is C20H28N4O2. The minimum atomic E-state index is 0.161. The number of rotatable bonds is 3. The molecule has 0 aliphatic carbocycles. The second-order valence-electron chi connectivity index (χ2n) is 7.75. The van der Waals surface area contributed by atoms with Gasteiger partial charge in [-0.25, -0.2) is 0 Å². The Kier molecular flexibility index (Phi) is 4.85. The van der Waals surface area contributed by atoms with Gasteiger partial charge < -0.3 is 14.2 Å². The summed E-state index contributed by atoms with van der Waals surface area (Å²) in [5.74, 6) is 0.437. The van der Waals surface area contributed by atoms with Crippen molar-refractivity contribution in [1.82, 2.24) is 14.8 Å². The summed E-state index contributed by atoms with van der Waals surface area (Å²) in [6.45, 7) is 3.94. The van der Waals surface area contributed by atoms with E-state index in [0.29, 0.717) is 6.04 Å². The number of fused-ring (bicyclic) bond motifs is 1. The maximum atomic E-state index is 12.3. The second kappa shape index (κ2) is 7.27. The summed E-state index contributed by atoms with van der Waals surface area (Å²) in [4.78, 5) is 23.5. The third kappa shape index (κ3) is 3.43. The van der Waals surface area contributed by atoms with E-state index >= 15 is 0 Å². The highest BCUT2D eigenvalue weighted by Crippen LogP contribution is 2.28. The highest BCUT2D eigenvalue weighted by atomic mass is 16.4. The van der Waals surface area contributed by atoms with Gasteiger partial charge in [0.2, 0.25) is 5.91 Å². The van der Waals surface area contributed by atoms with Crippen LogP contribution in [0.2, 0.25) is 0 Å². The van der Waals surface area contributed by atoms with Crippen LogP contribution in [0.4, 0.5) is 6.01 Å². The number of aromatic nitrogens is 1. The molecule has 0 bridgehead atoms. The number of para-hydroxylation sites is 2. The minimum absolute atomic E-state index is 0.161. The fourth-order valence-corrected chi connectivity index (χ4v) is 4.32. The number of carbonyl (C=O) groups is 1. The van der Waals surface area contributed by atoms with Crippen LogP contribution >= 0.6 is 0 Å². The Morgan fingerprint density at radius 3 is 2.65 bits per heavy atom. The zero-order valence-corrected chi connectivity index (χ0v) is 15.7. The lowest BCUT2D eigenvalue weighted by atomic mass is 9.93. The van der Waals surface area contributed by atoms with Gasteiger partial charge in [-0.05, 0) is 44.4 Å². The van der Waals surface area contributed by atoms with E-state index in [9.17, 15) is 4.79 Å². The van der Waals surface area contributed by atoms with Crippen LogP contribution in [0.1, 0.15) is 25.7 Å². The Morgan fingerprint density at radius 1 is 1.15 bits per heavy atom. The molecule has 0 N–H and O–H groups in total. The van der Waals surface area contributed by atoms with Gasteiger partial charge in [0.25, 0.3) is 6.01 Å². The number of hydrogen-bond donors (Lipinski definition) is 0. The zero-order chi connectivity index (χ0) is 18.1. The first-order valence-corrected chi connectivity index (χ1v) is 9.67.